The molecule has 1 fully saturated rings. The second-order valence-electron chi connectivity index (χ2n) is 5.11. The third-order valence-corrected chi connectivity index (χ3v) is 3.65. The lowest BCUT2D eigenvalue weighted by atomic mass is 9.90. The van der Waals surface area contributed by atoms with Crippen LogP contribution in [0.25, 0.3) is 0 Å². The maximum atomic E-state index is 9.18. The van der Waals surface area contributed by atoms with Gasteiger partial charge in [-0.25, -0.2) is 0 Å². The molecular weight excluding hydrogens is 228 g/mol. The minimum atomic E-state index is 0.0903. The van der Waals surface area contributed by atoms with Crippen molar-refractivity contribution in [1.29, 1.82) is 0 Å². The van der Waals surface area contributed by atoms with Crippen molar-refractivity contribution < 1.29 is 9.84 Å². The number of ether oxygens (including phenoxy) is 1. The van der Waals surface area contributed by atoms with Gasteiger partial charge in [0.15, 0.2) is 0 Å². The second kappa shape index (κ2) is 6.07. The summed E-state index contributed by atoms with van der Waals surface area (Å²) in [6.45, 7) is 2.79. The first-order chi connectivity index (χ1) is 8.65. The molecule has 0 spiro atoms. The van der Waals surface area contributed by atoms with Crippen molar-refractivity contribution >= 4 is 0 Å². The van der Waals surface area contributed by atoms with E-state index < -0.39 is 0 Å². The molecule has 3 N–H and O–H groups in total. The molecule has 0 bridgehead atoms. The minimum absolute atomic E-state index is 0.0903. The van der Waals surface area contributed by atoms with Gasteiger partial charge in [-0.05, 0) is 63.2 Å². The van der Waals surface area contributed by atoms with Gasteiger partial charge in [0.1, 0.15) is 18.1 Å². The molecule has 1 aromatic carbocycles. The van der Waals surface area contributed by atoms with E-state index in [0.29, 0.717) is 12.5 Å². The van der Waals surface area contributed by atoms with Crippen LogP contribution in [0, 0.1) is 5.92 Å². The summed E-state index contributed by atoms with van der Waals surface area (Å²) in [5, 5.41) is 9.18. The van der Waals surface area contributed by atoms with E-state index in [1.807, 2.05) is 0 Å². The van der Waals surface area contributed by atoms with E-state index in [9.17, 15) is 5.11 Å². The Kier molecular flexibility index (Phi) is 4.44. The number of nitrogens with zero attached hydrogens (tertiary/aromatic N) is 1. The van der Waals surface area contributed by atoms with E-state index in [4.69, 9.17) is 10.5 Å². The molecule has 100 valence electrons. The van der Waals surface area contributed by atoms with Crippen LogP contribution in [0.5, 0.6) is 11.5 Å². The summed E-state index contributed by atoms with van der Waals surface area (Å²) in [4.78, 5) is 2.34. The summed E-state index contributed by atoms with van der Waals surface area (Å²) < 4.78 is 5.65. The molecule has 18 heavy (non-hydrogen) atoms. The Morgan fingerprint density at radius 3 is 2.56 bits per heavy atom. The number of benzene rings is 1. The van der Waals surface area contributed by atoms with Gasteiger partial charge < -0.3 is 20.5 Å². The summed E-state index contributed by atoms with van der Waals surface area (Å²) >= 11 is 0. The van der Waals surface area contributed by atoms with Crippen LogP contribution in [0.15, 0.2) is 24.3 Å². The molecule has 0 aromatic heterocycles. The summed E-state index contributed by atoms with van der Waals surface area (Å²) in [5.41, 5.74) is 6.18. The van der Waals surface area contributed by atoms with Gasteiger partial charge in [-0.2, -0.15) is 0 Å². The van der Waals surface area contributed by atoms with Crippen molar-refractivity contribution in [2.75, 3.05) is 26.7 Å². The van der Waals surface area contributed by atoms with Crippen LogP contribution in [0.4, 0.5) is 0 Å². The number of phenols is 1. The Morgan fingerprint density at radius 2 is 1.94 bits per heavy atom. The quantitative estimate of drug-likeness (QED) is 0.849. The van der Waals surface area contributed by atoms with Crippen molar-refractivity contribution in [3.05, 3.63) is 24.3 Å². The zero-order valence-electron chi connectivity index (χ0n) is 10.9. The first-order valence-corrected chi connectivity index (χ1v) is 6.51. The van der Waals surface area contributed by atoms with Crippen LogP contribution in [-0.4, -0.2) is 42.8 Å². The zero-order chi connectivity index (χ0) is 13.0. The molecule has 0 radical (unpaired) electrons. The molecule has 0 amide bonds. The van der Waals surface area contributed by atoms with Gasteiger partial charge in [0.2, 0.25) is 0 Å². The van der Waals surface area contributed by atoms with Crippen LogP contribution in [0.3, 0.4) is 0 Å². The molecule has 1 unspecified atom stereocenters. The standard InChI is InChI=1S/C14H22N2O2/c1-16-8-6-11(7-9-16)14(15)10-18-13-4-2-12(17)3-5-13/h2-5,11,14,17H,6-10,15H2,1H3. The molecule has 2 rings (SSSR count). The average Bonchev–Trinajstić information content (AvgIpc) is 2.38. The van der Waals surface area contributed by atoms with Gasteiger partial charge >= 0.3 is 0 Å². The Hall–Kier alpha value is -1.26. The van der Waals surface area contributed by atoms with Crippen LogP contribution >= 0.6 is 0 Å². The predicted molar refractivity (Wildman–Crippen MR) is 71.8 cm³/mol. The molecule has 0 aliphatic carbocycles. The van der Waals surface area contributed by atoms with Crippen molar-refractivity contribution in [1.82, 2.24) is 4.90 Å². The fourth-order valence-corrected chi connectivity index (χ4v) is 2.33. The van der Waals surface area contributed by atoms with Crippen molar-refractivity contribution in [3.8, 4) is 11.5 Å². The van der Waals surface area contributed by atoms with E-state index in [1.165, 1.54) is 0 Å². The van der Waals surface area contributed by atoms with Crippen LogP contribution in [0.1, 0.15) is 12.8 Å². The lowest BCUT2D eigenvalue weighted by Crippen LogP contribution is -2.42. The first kappa shape index (κ1) is 13.2. The van der Waals surface area contributed by atoms with E-state index in [2.05, 4.69) is 11.9 Å². The molecule has 1 atom stereocenters. The number of piperidine rings is 1. The van der Waals surface area contributed by atoms with Gasteiger partial charge in [-0.3, -0.25) is 0 Å². The normalized spacial score (nSPS) is 19.7. The van der Waals surface area contributed by atoms with Crippen molar-refractivity contribution in [3.63, 3.8) is 0 Å². The molecule has 1 heterocycles. The molecule has 1 aromatic rings. The number of phenolic OH excluding ortho intramolecular Hbond substituents is 1. The highest BCUT2D eigenvalue weighted by Gasteiger charge is 2.22. The highest BCUT2D eigenvalue weighted by molar-refractivity contribution is 5.30. The van der Waals surface area contributed by atoms with Gasteiger partial charge in [-0.1, -0.05) is 0 Å². The highest BCUT2D eigenvalue weighted by Crippen LogP contribution is 2.20. The van der Waals surface area contributed by atoms with Crippen molar-refractivity contribution in [2.24, 2.45) is 11.7 Å². The Bertz CT molecular complexity index is 359. The van der Waals surface area contributed by atoms with Gasteiger partial charge in [0.25, 0.3) is 0 Å². The van der Waals surface area contributed by atoms with Crippen molar-refractivity contribution in [2.45, 2.75) is 18.9 Å². The van der Waals surface area contributed by atoms with Crippen LogP contribution in [-0.2, 0) is 0 Å². The molecule has 1 aliphatic rings. The zero-order valence-corrected chi connectivity index (χ0v) is 10.9. The topological polar surface area (TPSA) is 58.7 Å². The number of aromatic hydroxyl groups is 1. The Labute approximate surface area is 108 Å². The monoisotopic (exact) mass is 250 g/mol. The molecule has 0 saturated carbocycles. The van der Waals surface area contributed by atoms with E-state index in [0.717, 1.165) is 31.7 Å². The summed E-state index contributed by atoms with van der Waals surface area (Å²) in [6, 6.07) is 6.85. The maximum absolute atomic E-state index is 9.18. The highest BCUT2D eigenvalue weighted by atomic mass is 16.5. The van der Waals surface area contributed by atoms with Gasteiger partial charge in [0, 0.05) is 6.04 Å². The number of hydrogen-bond acceptors (Lipinski definition) is 4. The van der Waals surface area contributed by atoms with Crippen LogP contribution in [0.2, 0.25) is 0 Å². The number of hydrogen-bond donors (Lipinski definition) is 2. The Morgan fingerprint density at radius 1 is 1.33 bits per heavy atom. The first-order valence-electron chi connectivity index (χ1n) is 6.51. The Balaban J connectivity index is 1.77. The maximum Gasteiger partial charge on any atom is 0.119 e. The smallest absolute Gasteiger partial charge is 0.119 e. The predicted octanol–water partition coefficient (Wildman–Crippen LogP) is 1.44. The fraction of sp³-hybridized carbons (Fsp3) is 0.571. The second-order valence-corrected chi connectivity index (χ2v) is 5.11. The SMILES string of the molecule is CN1CCC(C(N)COc2ccc(O)cc2)CC1. The summed E-state index contributed by atoms with van der Waals surface area (Å²) in [6.07, 6.45) is 2.30. The van der Waals surface area contributed by atoms with Gasteiger partial charge in [-0.15, -0.1) is 0 Å². The average molecular weight is 250 g/mol. The minimum Gasteiger partial charge on any atom is -0.508 e. The number of likely N-dealkylation sites (tertiary alicyclic amines) is 1. The van der Waals surface area contributed by atoms with Crippen LogP contribution < -0.4 is 10.5 Å². The fourth-order valence-electron chi connectivity index (χ4n) is 2.33. The van der Waals surface area contributed by atoms with Gasteiger partial charge in [0.05, 0.1) is 0 Å². The van der Waals surface area contributed by atoms with E-state index in [-0.39, 0.29) is 11.8 Å². The lowest BCUT2D eigenvalue weighted by molar-refractivity contribution is 0.166. The largest absolute Gasteiger partial charge is 0.508 e. The number of nitrogens with two attached hydrogens (primary N) is 1. The van der Waals surface area contributed by atoms with E-state index >= 15 is 0 Å². The van der Waals surface area contributed by atoms with E-state index in [1.54, 1.807) is 24.3 Å². The summed E-state index contributed by atoms with van der Waals surface area (Å²) in [7, 11) is 2.15. The third kappa shape index (κ3) is 3.62. The molecular formula is C14H22N2O2. The number of rotatable bonds is 4. The molecule has 4 nitrogen and oxygen atoms in total. The summed E-state index contributed by atoms with van der Waals surface area (Å²) in [5.74, 6) is 1.57. The third-order valence-electron chi connectivity index (χ3n) is 3.65. The molecule has 4 heteroatoms. The lowest BCUT2D eigenvalue weighted by Gasteiger charge is -2.32. The molecule has 1 aliphatic heterocycles. The molecule has 1 saturated heterocycles.